The Hall–Kier alpha value is -0.200. The quantitative estimate of drug-likeness (QED) is 0.660. The van der Waals surface area contributed by atoms with Gasteiger partial charge in [0.05, 0.1) is 0 Å². The average molecular weight is 231 g/mol. The van der Waals surface area contributed by atoms with E-state index in [9.17, 15) is 0 Å². The molecule has 2 heteroatoms. The van der Waals surface area contributed by atoms with Crippen molar-refractivity contribution >= 4 is 23.2 Å². The first kappa shape index (κ1) is 11.9. The molecule has 0 N–H and O–H groups in total. The van der Waals surface area contributed by atoms with Gasteiger partial charge in [-0.1, -0.05) is 49.9 Å². The van der Waals surface area contributed by atoms with E-state index in [0.29, 0.717) is 5.92 Å². The first-order chi connectivity index (χ1) is 6.65. The van der Waals surface area contributed by atoms with Gasteiger partial charge in [-0.2, -0.15) is 0 Å². The number of rotatable bonds is 4. The Bertz CT molecular complexity index is 294. The van der Waals surface area contributed by atoms with Crippen LogP contribution < -0.4 is 0 Å². The van der Waals surface area contributed by atoms with E-state index in [2.05, 4.69) is 13.8 Å². The summed E-state index contributed by atoms with van der Waals surface area (Å²) in [6, 6.07) is 5.69. The molecule has 0 aliphatic carbocycles. The minimum Gasteiger partial charge on any atom is -0.0843 e. The van der Waals surface area contributed by atoms with E-state index in [1.807, 2.05) is 18.2 Å². The summed E-state index contributed by atoms with van der Waals surface area (Å²) >= 11 is 12.0. The van der Waals surface area contributed by atoms with E-state index in [1.165, 1.54) is 24.8 Å². The molecule has 78 valence electrons. The van der Waals surface area contributed by atoms with Gasteiger partial charge in [-0.15, -0.1) is 0 Å². The second-order valence-electron chi connectivity index (χ2n) is 3.71. The highest BCUT2D eigenvalue weighted by Gasteiger charge is 2.09. The molecule has 0 aliphatic heterocycles. The lowest BCUT2D eigenvalue weighted by Crippen LogP contribution is -1.94. The van der Waals surface area contributed by atoms with Crippen LogP contribution in [0.1, 0.15) is 44.6 Å². The van der Waals surface area contributed by atoms with Crippen molar-refractivity contribution in [1.82, 2.24) is 0 Å². The van der Waals surface area contributed by atoms with Gasteiger partial charge in [0, 0.05) is 10.0 Å². The number of benzene rings is 1. The summed E-state index contributed by atoms with van der Waals surface area (Å²) in [5.41, 5.74) is 1.17. The molecule has 0 radical (unpaired) electrons. The molecule has 0 aliphatic rings. The molecule has 14 heavy (non-hydrogen) atoms. The molecule has 0 nitrogen and oxygen atoms in total. The lowest BCUT2D eigenvalue weighted by molar-refractivity contribution is 0.624. The molecule has 1 atom stereocenters. The van der Waals surface area contributed by atoms with Crippen LogP contribution >= 0.6 is 23.2 Å². The highest BCUT2D eigenvalue weighted by Crippen LogP contribution is 2.30. The number of hydrogen-bond acceptors (Lipinski definition) is 0. The summed E-state index contributed by atoms with van der Waals surface area (Å²) in [5.74, 6) is 0.501. The molecule has 0 bridgehead atoms. The van der Waals surface area contributed by atoms with Gasteiger partial charge in [-0.3, -0.25) is 0 Å². The highest BCUT2D eigenvalue weighted by molar-refractivity contribution is 6.33. The third kappa shape index (κ3) is 3.18. The smallest absolute Gasteiger partial charge is 0.0441 e. The van der Waals surface area contributed by atoms with Gasteiger partial charge in [0.1, 0.15) is 0 Å². The summed E-state index contributed by atoms with van der Waals surface area (Å²) in [4.78, 5) is 0. The van der Waals surface area contributed by atoms with Crippen LogP contribution in [0.15, 0.2) is 18.2 Å². The SMILES string of the molecule is CCCCC(C)c1cc(Cl)ccc1Cl. The topological polar surface area (TPSA) is 0 Å². The van der Waals surface area contributed by atoms with Crippen molar-refractivity contribution < 1.29 is 0 Å². The van der Waals surface area contributed by atoms with Crippen molar-refractivity contribution in [2.24, 2.45) is 0 Å². The summed E-state index contributed by atoms with van der Waals surface area (Å²) < 4.78 is 0. The van der Waals surface area contributed by atoms with Crippen LogP contribution in [0, 0.1) is 0 Å². The van der Waals surface area contributed by atoms with Gasteiger partial charge in [-0.25, -0.2) is 0 Å². The fourth-order valence-electron chi connectivity index (χ4n) is 1.56. The van der Waals surface area contributed by atoms with Gasteiger partial charge in [0.2, 0.25) is 0 Å². The maximum atomic E-state index is 6.11. The number of halogens is 2. The van der Waals surface area contributed by atoms with E-state index >= 15 is 0 Å². The van der Waals surface area contributed by atoms with Gasteiger partial charge < -0.3 is 0 Å². The van der Waals surface area contributed by atoms with Crippen LogP contribution in [0.3, 0.4) is 0 Å². The first-order valence-electron chi connectivity index (χ1n) is 5.10. The lowest BCUT2D eigenvalue weighted by atomic mass is 9.95. The lowest BCUT2D eigenvalue weighted by Gasteiger charge is -2.13. The summed E-state index contributed by atoms with van der Waals surface area (Å²) in [5, 5.41) is 1.60. The second kappa shape index (κ2) is 5.63. The average Bonchev–Trinajstić information content (AvgIpc) is 2.18. The van der Waals surface area contributed by atoms with Crippen LogP contribution in [0.2, 0.25) is 10.0 Å². The number of unbranched alkanes of at least 4 members (excludes halogenated alkanes) is 1. The van der Waals surface area contributed by atoms with E-state index in [-0.39, 0.29) is 0 Å². The minimum absolute atomic E-state index is 0.501. The van der Waals surface area contributed by atoms with Crippen molar-refractivity contribution in [2.45, 2.75) is 39.0 Å². The Balaban J connectivity index is 2.77. The molecule has 0 saturated carbocycles. The third-order valence-electron chi connectivity index (χ3n) is 2.48. The Morgan fingerprint density at radius 1 is 1.29 bits per heavy atom. The van der Waals surface area contributed by atoms with Crippen molar-refractivity contribution in [3.05, 3.63) is 33.8 Å². The first-order valence-corrected chi connectivity index (χ1v) is 5.85. The second-order valence-corrected chi connectivity index (χ2v) is 4.55. The van der Waals surface area contributed by atoms with E-state index in [0.717, 1.165) is 10.0 Å². The Labute approximate surface area is 96.2 Å². The maximum absolute atomic E-state index is 6.11. The molecule has 0 spiro atoms. The van der Waals surface area contributed by atoms with Crippen molar-refractivity contribution in [1.29, 1.82) is 0 Å². The minimum atomic E-state index is 0.501. The fraction of sp³-hybridized carbons (Fsp3) is 0.500. The molecule has 1 aromatic carbocycles. The van der Waals surface area contributed by atoms with Crippen LogP contribution in [0.4, 0.5) is 0 Å². The molecule has 0 fully saturated rings. The van der Waals surface area contributed by atoms with Crippen LogP contribution in [0.25, 0.3) is 0 Å². The monoisotopic (exact) mass is 230 g/mol. The molecular weight excluding hydrogens is 215 g/mol. The van der Waals surface area contributed by atoms with Crippen LogP contribution in [0.5, 0.6) is 0 Å². The molecule has 0 amide bonds. The predicted octanol–water partition coefficient (Wildman–Crippen LogP) is 5.29. The zero-order chi connectivity index (χ0) is 10.6. The van der Waals surface area contributed by atoms with E-state index in [4.69, 9.17) is 23.2 Å². The highest BCUT2D eigenvalue weighted by atomic mass is 35.5. The molecular formula is C12H16Cl2. The molecule has 0 saturated heterocycles. The van der Waals surface area contributed by atoms with Gasteiger partial charge in [0.25, 0.3) is 0 Å². The summed E-state index contributed by atoms with van der Waals surface area (Å²) in [6.45, 7) is 4.40. The van der Waals surface area contributed by atoms with Crippen LogP contribution in [-0.2, 0) is 0 Å². The predicted molar refractivity (Wildman–Crippen MR) is 64.4 cm³/mol. The third-order valence-corrected chi connectivity index (χ3v) is 3.06. The van der Waals surface area contributed by atoms with Crippen molar-refractivity contribution in [3.63, 3.8) is 0 Å². The van der Waals surface area contributed by atoms with Crippen molar-refractivity contribution in [2.75, 3.05) is 0 Å². The van der Waals surface area contributed by atoms with Crippen molar-refractivity contribution in [3.8, 4) is 0 Å². The Morgan fingerprint density at radius 2 is 2.00 bits per heavy atom. The van der Waals surface area contributed by atoms with Crippen LogP contribution in [-0.4, -0.2) is 0 Å². The molecule has 1 unspecified atom stereocenters. The van der Waals surface area contributed by atoms with E-state index in [1.54, 1.807) is 0 Å². The normalized spacial score (nSPS) is 12.9. The van der Waals surface area contributed by atoms with Gasteiger partial charge >= 0.3 is 0 Å². The zero-order valence-electron chi connectivity index (χ0n) is 8.69. The van der Waals surface area contributed by atoms with E-state index < -0.39 is 0 Å². The maximum Gasteiger partial charge on any atom is 0.0441 e. The summed E-state index contributed by atoms with van der Waals surface area (Å²) in [6.07, 6.45) is 3.64. The Kier molecular flexibility index (Phi) is 4.77. The fourth-order valence-corrected chi connectivity index (χ4v) is 2.04. The molecule has 1 rings (SSSR count). The molecule has 1 aromatic rings. The van der Waals surface area contributed by atoms with Gasteiger partial charge in [-0.05, 0) is 36.1 Å². The number of hydrogen-bond donors (Lipinski definition) is 0. The van der Waals surface area contributed by atoms with Gasteiger partial charge in [0.15, 0.2) is 0 Å². The Morgan fingerprint density at radius 3 is 2.64 bits per heavy atom. The largest absolute Gasteiger partial charge is 0.0843 e. The molecule has 0 aromatic heterocycles. The standard InChI is InChI=1S/C12H16Cl2/c1-3-4-5-9(2)11-8-10(13)6-7-12(11)14/h6-9H,3-5H2,1-2H3. The molecule has 0 heterocycles. The zero-order valence-corrected chi connectivity index (χ0v) is 10.2. The summed E-state index contributed by atoms with van der Waals surface area (Å²) in [7, 11) is 0.